The standard InChI is InChI=1S/C19H15FN2O2/c1-13-4-2-5-14(8-13)19(23)22-16-6-3-7-17(10-16)24-18-9-15(20)11-21-12-18/h2-12H,1H3,(H,22,23). The highest BCUT2D eigenvalue weighted by Gasteiger charge is 2.07. The molecule has 1 N–H and O–H groups in total. The van der Waals surface area contributed by atoms with Gasteiger partial charge in [0.1, 0.15) is 17.3 Å². The number of rotatable bonds is 4. The highest BCUT2D eigenvalue weighted by atomic mass is 19.1. The number of halogens is 1. The summed E-state index contributed by atoms with van der Waals surface area (Å²) < 4.78 is 18.7. The number of anilines is 1. The molecule has 5 heteroatoms. The summed E-state index contributed by atoms with van der Waals surface area (Å²) >= 11 is 0. The third-order valence-electron chi connectivity index (χ3n) is 3.29. The van der Waals surface area contributed by atoms with Gasteiger partial charge in [-0.05, 0) is 31.2 Å². The fraction of sp³-hybridized carbons (Fsp3) is 0.0526. The van der Waals surface area contributed by atoms with Crippen molar-refractivity contribution < 1.29 is 13.9 Å². The van der Waals surface area contributed by atoms with Crippen molar-refractivity contribution in [3.8, 4) is 11.5 Å². The van der Waals surface area contributed by atoms with Gasteiger partial charge in [-0.2, -0.15) is 0 Å². The van der Waals surface area contributed by atoms with E-state index in [1.165, 1.54) is 12.3 Å². The molecule has 0 bridgehead atoms. The van der Waals surface area contributed by atoms with Crippen molar-refractivity contribution in [2.75, 3.05) is 5.32 Å². The average molecular weight is 322 g/mol. The zero-order valence-electron chi connectivity index (χ0n) is 13.0. The Balaban J connectivity index is 1.74. The second-order valence-corrected chi connectivity index (χ2v) is 5.29. The SMILES string of the molecule is Cc1cccc(C(=O)Nc2cccc(Oc3cncc(F)c3)c2)c1. The number of aryl methyl sites for hydroxylation is 1. The van der Waals surface area contributed by atoms with E-state index in [9.17, 15) is 9.18 Å². The zero-order chi connectivity index (χ0) is 16.9. The summed E-state index contributed by atoms with van der Waals surface area (Å²) in [5.74, 6) is 0.0845. The summed E-state index contributed by atoms with van der Waals surface area (Å²) in [4.78, 5) is 16.0. The molecule has 4 nitrogen and oxygen atoms in total. The van der Waals surface area contributed by atoms with Gasteiger partial charge in [-0.15, -0.1) is 0 Å². The first-order valence-corrected chi connectivity index (χ1v) is 7.37. The second kappa shape index (κ2) is 6.91. The van der Waals surface area contributed by atoms with Crippen molar-refractivity contribution in [2.45, 2.75) is 6.92 Å². The first-order chi connectivity index (χ1) is 11.6. The van der Waals surface area contributed by atoms with Crippen LogP contribution < -0.4 is 10.1 Å². The molecule has 0 saturated carbocycles. The minimum absolute atomic E-state index is 0.205. The molecule has 0 unspecified atom stereocenters. The van der Waals surface area contributed by atoms with Crippen LogP contribution in [-0.4, -0.2) is 10.9 Å². The third kappa shape index (κ3) is 3.95. The van der Waals surface area contributed by atoms with E-state index in [4.69, 9.17) is 4.74 Å². The van der Waals surface area contributed by atoms with Crippen molar-refractivity contribution in [1.29, 1.82) is 0 Å². The fourth-order valence-corrected chi connectivity index (χ4v) is 2.21. The quantitative estimate of drug-likeness (QED) is 0.765. The second-order valence-electron chi connectivity index (χ2n) is 5.29. The number of benzene rings is 2. The topological polar surface area (TPSA) is 51.2 Å². The highest BCUT2D eigenvalue weighted by Crippen LogP contribution is 2.24. The highest BCUT2D eigenvalue weighted by molar-refractivity contribution is 6.04. The molecule has 0 spiro atoms. The number of ether oxygens (including phenoxy) is 1. The molecule has 1 heterocycles. The number of carbonyl (C=O) groups excluding carboxylic acids is 1. The van der Waals surface area contributed by atoms with Crippen LogP contribution >= 0.6 is 0 Å². The van der Waals surface area contributed by atoms with Crippen LogP contribution in [0, 0.1) is 12.7 Å². The van der Waals surface area contributed by atoms with Gasteiger partial charge in [-0.25, -0.2) is 4.39 Å². The van der Waals surface area contributed by atoms with Gasteiger partial charge in [0.25, 0.3) is 5.91 Å². The van der Waals surface area contributed by atoms with Crippen LogP contribution in [-0.2, 0) is 0 Å². The Hall–Kier alpha value is -3.21. The molecule has 0 aliphatic carbocycles. The van der Waals surface area contributed by atoms with E-state index < -0.39 is 5.82 Å². The van der Waals surface area contributed by atoms with Gasteiger partial charge in [0.15, 0.2) is 0 Å². The van der Waals surface area contributed by atoms with Gasteiger partial charge in [0.05, 0.1) is 12.4 Å². The van der Waals surface area contributed by atoms with Crippen LogP contribution in [0.2, 0.25) is 0 Å². The molecular formula is C19H15FN2O2. The largest absolute Gasteiger partial charge is 0.456 e. The summed E-state index contributed by atoms with van der Waals surface area (Å²) in [6.45, 7) is 1.93. The summed E-state index contributed by atoms with van der Waals surface area (Å²) in [6.07, 6.45) is 2.52. The Morgan fingerprint density at radius 2 is 1.88 bits per heavy atom. The first-order valence-electron chi connectivity index (χ1n) is 7.37. The molecule has 0 aliphatic rings. The molecule has 0 saturated heterocycles. The Bertz CT molecular complexity index is 881. The van der Waals surface area contributed by atoms with Crippen molar-refractivity contribution in [3.05, 3.63) is 83.9 Å². The molecule has 24 heavy (non-hydrogen) atoms. The Morgan fingerprint density at radius 3 is 2.67 bits per heavy atom. The van der Waals surface area contributed by atoms with Crippen LogP contribution in [0.15, 0.2) is 67.0 Å². The van der Waals surface area contributed by atoms with E-state index in [-0.39, 0.29) is 11.7 Å². The minimum Gasteiger partial charge on any atom is -0.456 e. The number of hydrogen-bond donors (Lipinski definition) is 1. The lowest BCUT2D eigenvalue weighted by Gasteiger charge is -2.09. The molecular weight excluding hydrogens is 307 g/mol. The molecule has 120 valence electrons. The van der Waals surface area contributed by atoms with Gasteiger partial charge in [0, 0.05) is 23.4 Å². The summed E-state index contributed by atoms with van der Waals surface area (Å²) in [6, 6.07) is 15.4. The van der Waals surface area contributed by atoms with Crippen molar-refractivity contribution >= 4 is 11.6 Å². The molecule has 1 amide bonds. The Labute approximate surface area is 138 Å². The lowest BCUT2D eigenvalue weighted by atomic mass is 10.1. The van der Waals surface area contributed by atoms with Gasteiger partial charge < -0.3 is 10.1 Å². The summed E-state index contributed by atoms with van der Waals surface area (Å²) in [5.41, 5.74) is 2.18. The normalized spacial score (nSPS) is 10.2. The number of aromatic nitrogens is 1. The zero-order valence-corrected chi connectivity index (χ0v) is 13.0. The molecule has 0 aliphatic heterocycles. The van der Waals surface area contributed by atoms with Crippen molar-refractivity contribution in [3.63, 3.8) is 0 Å². The third-order valence-corrected chi connectivity index (χ3v) is 3.29. The molecule has 0 atom stereocenters. The lowest BCUT2D eigenvalue weighted by molar-refractivity contribution is 0.102. The van der Waals surface area contributed by atoms with Crippen molar-refractivity contribution in [1.82, 2.24) is 4.98 Å². The van der Waals surface area contributed by atoms with Crippen LogP contribution in [0.4, 0.5) is 10.1 Å². The molecule has 3 aromatic rings. The van der Waals surface area contributed by atoms with Crippen LogP contribution in [0.25, 0.3) is 0 Å². The lowest BCUT2D eigenvalue weighted by Crippen LogP contribution is -2.11. The van der Waals surface area contributed by atoms with Gasteiger partial charge >= 0.3 is 0 Å². The van der Waals surface area contributed by atoms with Crippen molar-refractivity contribution in [2.24, 2.45) is 0 Å². The number of nitrogens with zero attached hydrogens (tertiary/aromatic N) is 1. The summed E-state index contributed by atoms with van der Waals surface area (Å²) in [5, 5.41) is 2.81. The summed E-state index contributed by atoms with van der Waals surface area (Å²) in [7, 11) is 0. The Morgan fingerprint density at radius 1 is 1.04 bits per heavy atom. The monoisotopic (exact) mass is 322 g/mol. The predicted octanol–water partition coefficient (Wildman–Crippen LogP) is 4.57. The maximum atomic E-state index is 13.1. The maximum absolute atomic E-state index is 13.1. The van der Waals surface area contributed by atoms with Gasteiger partial charge in [-0.3, -0.25) is 9.78 Å². The van der Waals surface area contributed by atoms with E-state index >= 15 is 0 Å². The number of nitrogens with one attached hydrogen (secondary N) is 1. The smallest absolute Gasteiger partial charge is 0.255 e. The minimum atomic E-state index is -0.476. The molecule has 3 rings (SSSR count). The number of carbonyl (C=O) groups is 1. The molecule has 1 aromatic heterocycles. The van der Waals surface area contributed by atoms with Gasteiger partial charge in [-0.1, -0.05) is 23.8 Å². The molecule has 0 fully saturated rings. The van der Waals surface area contributed by atoms with E-state index in [1.54, 1.807) is 30.3 Å². The number of hydrogen-bond acceptors (Lipinski definition) is 3. The Kier molecular flexibility index (Phi) is 4.52. The van der Waals surface area contributed by atoms with Crippen LogP contribution in [0.1, 0.15) is 15.9 Å². The fourth-order valence-electron chi connectivity index (χ4n) is 2.21. The van der Waals surface area contributed by atoms with Gasteiger partial charge in [0.2, 0.25) is 0 Å². The predicted molar refractivity (Wildman–Crippen MR) is 89.8 cm³/mol. The number of pyridine rings is 1. The maximum Gasteiger partial charge on any atom is 0.255 e. The average Bonchev–Trinajstić information content (AvgIpc) is 2.55. The first kappa shape index (κ1) is 15.7. The molecule has 2 aromatic carbocycles. The van der Waals surface area contributed by atoms with E-state index in [1.807, 2.05) is 25.1 Å². The number of amides is 1. The van der Waals surface area contributed by atoms with E-state index in [0.29, 0.717) is 17.0 Å². The van der Waals surface area contributed by atoms with E-state index in [0.717, 1.165) is 11.8 Å². The molecule has 0 radical (unpaired) electrons. The van der Waals surface area contributed by atoms with E-state index in [2.05, 4.69) is 10.3 Å². The van der Waals surface area contributed by atoms with Crippen LogP contribution in [0.5, 0.6) is 11.5 Å². The van der Waals surface area contributed by atoms with Crippen LogP contribution in [0.3, 0.4) is 0 Å².